The van der Waals surface area contributed by atoms with Crippen LogP contribution in [0.3, 0.4) is 0 Å². The number of carbonyl (C=O) groups excluding carboxylic acids is 2. The molecule has 0 fully saturated rings. The van der Waals surface area contributed by atoms with E-state index in [1.54, 1.807) is 6.07 Å². The maximum atomic E-state index is 12.4. The Labute approximate surface area is 149 Å². The third-order valence-corrected chi connectivity index (χ3v) is 4.77. The van der Waals surface area contributed by atoms with Gasteiger partial charge in [-0.3, -0.25) is 14.5 Å². The number of imide groups is 1. The number of aliphatic hydroxyl groups is 2. The monoisotopic (exact) mass is 347 g/mol. The molecule has 5 nitrogen and oxygen atoms in total. The average molecular weight is 347 g/mol. The Bertz CT molecular complexity index is 573. The predicted molar refractivity (Wildman–Crippen MR) is 96.2 cm³/mol. The van der Waals surface area contributed by atoms with Crippen molar-refractivity contribution in [3.05, 3.63) is 35.4 Å². The van der Waals surface area contributed by atoms with Crippen molar-refractivity contribution in [3.63, 3.8) is 0 Å². The Balaban J connectivity index is 1.59. The Kier molecular flexibility index (Phi) is 8.09. The molecule has 5 heteroatoms. The number of rotatable bonds is 11. The number of unbranched alkanes of at least 4 members (excludes halogenated alkanes) is 6. The highest BCUT2D eigenvalue weighted by molar-refractivity contribution is 6.09. The Morgan fingerprint density at radius 1 is 0.960 bits per heavy atom. The number of benzene rings is 1. The van der Waals surface area contributed by atoms with Crippen LogP contribution >= 0.6 is 0 Å². The van der Waals surface area contributed by atoms with Crippen molar-refractivity contribution in [1.82, 2.24) is 4.90 Å². The molecule has 1 atom stereocenters. The van der Waals surface area contributed by atoms with Crippen LogP contribution in [0.15, 0.2) is 24.3 Å². The molecule has 2 rings (SSSR count). The molecular formula is C20H29NO4. The summed E-state index contributed by atoms with van der Waals surface area (Å²) in [7, 11) is 0. The molecule has 1 aliphatic rings. The normalized spacial score (nSPS) is 15.4. The third kappa shape index (κ3) is 5.94. The number of nitrogens with zero attached hydrogens (tertiary/aromatic N) is 1. The first kappa shape index (κ1) is 19.6. The number of carbonyl (C=O) groups is 2. The SMILES string of the molecule is O=C1Cc2ccccc2C(=O)N1CCCCCCCCCC(O)CO. The topological polar surface area (TPSA) is 77.8 Å². The number of fused-ring (bicyclic) bond motifs is 1. The van der Waals surface area contributed by atoms with E-state index in [9.17, 15) is 14.7 Å². The van der Waals surface area contributed by atoms with Crippen molar-refractivity contribution in [3.8, 4) is 0 Å². The lowest BCUT2D eigenvalue weighted by atomic mass is 9.98. The van der Waals surface area contributed by atoms with Crippen LogP contribution in [0.1, 0.15) is 67.3 Å². The zero-order valence-electron chi connectivity index (χ0n) is 14.8. The van der Waals surface area contributed by atoms with E-state index in [1.807, 2.05) is 18.2 Å². The summed E-state index contributed by atoms with van der Waals surface area (Å²) in [6.45, 7) is 0.354. The van der Waals surface area contributed by atoms with Crippen molar-refractivity contribution in [1.29, 1.82) is 0 Å². The Hall–Kier alpha value is -1.72. The molecule has 25 heavy (non-hydrogen) atoms. The molecule has 0 aliphatic carbocycles. The fourth-order valence-electron chi connectivity index (χ4n) is 3.25. The van der Waals surface area contributed by atoms with Gasteiger partial charge in [0.05, 0.1) is 19.1 Å². The van der Waals surface area contributed by atoms with Crippen molar-refractivity contribution in [2.24, 2.45) is 0 Å². The smallest absolute Gasteiger partial charge is 0.260 e. The van der Waals surface area contributed by atoms with Crippen molar-refractivity contribution in [2.75, 3.05) is 13.2 Å². The number of amides is 2. The summed E-state index contributed by atoms with van der Waals surface area (Å²) in [5.74, 6) is -0.250. The highest BCUT2D eigenvalue weighted by Gasteiger charge is 2.29. The molecule has 1 aromatic carbocycles. The van der Waals surface area contributed by atoms with Gasteiger partial charge in [-0.25, -0.2) is 0 Å². The van der Waals surface area contributed by atoms with Crippen molar-refractivity contribution < 1.29 is 19.8 Å². The zero-order valence-corrected chi connectivity index (χ0v) is 14.8. The summed E-state index contributed by atoms with van der Waals surface area (Å²) in [4.78, 5) is 26.0. The minimum atomic E-state index is -0.579. The fraction of sp³-hybridized carbons (Fsp3) is 0.600. The second-order valence-corrected chi connectivity index (χ2v) is 6.78. The summed E-state index contributed by atoms with van der Waals surface area (Å²) in [6.07, 6.45) is 7.61. The minimum Gasteiger partial charge on any atom is -0.394 e. The van der Waals surface area contributed by atoms with Gasteiger partial charge in [-0.2, -0.15) is 0 Å². The highest BCUT2D eigenvalue weighted by atomic mass is 16.3. The van der Waals surface area contributed by atoms with Gasteiger partial charge in [0.15, 0.2) is 0 Å². The van der Waals surface area contributed by atoms with E-state index >= 15 is 0 Å². The van der Waals surface area contributed by atoms with Gasteiger partial charge in [-0.15, -0.1) is 0 Å². The maximum absolute atomic E-state index is 12.4. The van der Waals surface area contributed by atoms with E-state index < -0.39 is 6.10 Å². The summed E-state index contributed by atoms with van der Waals surface area (Å²) in [5.41, 5.74) is 1.49. The standard InChI is InChI=1S/C20H29NO4/c22-15-17(23)11-6-4-2-1-3-5-9-13-21-19(24)14-16-10-7-8-12-18(16)20(21)25/h7-8,10,12,17,22-23H,1-6,9,11,13-15H2. The minimum absolute atomic E-state index is 0.0915. The molecule has 0 radical (unpaired) electrons. The fourth-order valence-corrected chi connectivity index (χ4v) is 3.25. The highest BCUT2D eigenvalue weighted by Crippen LogP contribution is 2.20. The second kappa shape index (κ2) is 10.3. The molecule has 1 aliphatic heterocycles. The van der Waals surface area contributed by atoms with Crippen LogP contribution in [-0.4, -0.2) is 46.2 Å². The van der Waals surface area contributed by atoms with Crippen molar-refractivity contribution in [2.45, 2.75) is 63.9 Å². The summed E-state index contributed by atoms with van der Waals surface area (Å²) < 4.78 is 0. The lowest BCUT2D eigenvalue weighted by Crippen LogP contribution is -2.42. The van der Waals surface area contributed by atoms with Gasteiger partial charge < -0.3 is 10.2 Å². The predicted octanol–water partition coefficient (Wildman–Crippen LogP) is 2.69. The molecule has 2 amide bonds. The summed E-state index contributed by atoms with van der Waals surface area (Å²) in [6, 6.07) is 7.34. The molecule has 1 heterocycles. The van der Waals surface area contributed by atoms with E-state index in [0.29, 0.717) is 24.9 Å². The first-order chi connectivity index (χ1) is 12.1. The van der Waals surface area contributed by atoms with Crippen LogP contribution < -0.4 is 0 Å². The van der Waals surface area contributed by atoms with Crippen LogP contribution in [0.4, 0.5) is 0 Å². The van der Waals surface area contributed by atoms with Gasteiger partial charge in [0.25, 0.3) is 5.91 Å². The van der Waals surface area contributed by atoms with Gasteiger partial charge >= 0.3 is 0 Å². The average Bonchev–Trinajstić information content (AvgIpc) is 2.62. The molecule has 2 N–H and O–H groups in total. The van der Waals surface area contributed by atoms with Gasteiger partial charge in [0.2, 0.25) is 5.91 Å². The quantitative estimate of drug-likeness (QED) is 0.476. The largest absolute Gasteiger partial charge is 0.394 e. The van der Waals surface area contributed by atoms with E-state index in [2.05, 4.69) is 0 Å². The number of hydrogen-bond donors (Lipinski definition) is 2. The molecule has 0 saturated carbocycles. The molecule has 0 bridgehead atoms. The molecule has 138 valence electrons. The van der Waals surface area contributed by atoms with Crippen LogP contribution in [-0.2, 0) is 11.2 Å². The molecule has 1 aromatic rings. The molecular weight excluding hydrogens is 318 g/mol. The van der Waals surface area contributed by atoms with Gasteiger partial charge in [0, 0.05) is 12.1 Å². The molecule has 0 saturated heterocycles. The van der Waals surface area contributed by atoms with Crippen LogP contribution in [0, 0.1) is 0 Å². The van der Waals surface area contributed by atoms with Crippen LogP contribution in [0.5, 0.6) is 0 Å². The first-order valence-corrected chi connectivity index (χ1v) is 9.35. The number of aliphatic hydroxyl groups excluding tert-OH is 2. The molecule has 1 unspecified atom stereocenters. The Morgan fingerprint density at radius 3 is 2.32 bits per heavy atom. The van der Waals surface area contributed by atoms with E-state index in [4.69, 9.17) is 5.11 Å². The van der Waals surface area contributed by atoms with Crippen LogP contribution in [0.2, 0.25) is 0 Å². The lowest BCUT2D eigenvalue weighted by Gasteiger charge is -2.26. The van der Waals surface area contributed by atoms with E-state index in [0.717, 1.165) is 50.5 Å². The van der Waals surface area contributed by atoms with Gasteiger partial charge in [-0.1, -0.05) is 56.7 Å². The molecule has 0 spiro atoms. The zero-order chi connectivity index (χ0) is 18.1. The first-order valence-electron chi connectivity index (χ1n) is 9.35. The van der Waals surface area contributed by atoms with Crippen LogP contribution in [0.25, 0.3) is 0 Å². The number of hydrogen-bond acceptors (Lipinski definition) is 4. The second-order valence-electron chi connectivity index (χ2n) is 6.78. The maximum Gasteiger partial charge on any atom is 0.260 e. The van der Waals surface area contributed by atoms with Gasteiger partial charge in [0.1, 0.15) is 0 Å². The Morgan fingerprint density at radius 2 is 1.60 bits per heavy atom. The van der Waals surface area contributed by atoms with E-state index in [-0.39, 0.29) is 18.4 Å². The third-order valence-electron chi connectivity index (χ3n) is 4.77. The summed E-state index contributed by atoms with van der Waals surface area (Å²) >= 11 is 0. The molecule has 0 aromatic heterocycles. The summed E-state index contributed by atoms with van der Waals surface area (Å²) in [5, 5.41) is 18.0. The van der Waals surface area contributed by atoms with Crippen molar-refractivity contribution >= 4 is 11.8 Å². The van der Waals surface area contributed by atoms with Gasteiger partial charge in [-0.05, 0) is 24.5 Å². The van der Waals surface area contributed by atoms with E-state index in [1.165, 1.54) is 4.90 Å². The lowest BCUT2D eigenvalue weighted by molar-refractivity contribution is -0.128.